The number of nitrogens with zero attached hydrogens (tertiary/aromatic N) is 1. The van der Waals surface area contributed by atoms with Gasteiger partial charge < -0.3 is 9.84 Å². The SMILES string of the molecule is Cc1ccc(C)c2c1C(=O)N(CCCOCCO)C2=O. The Morgan fingerprint density at radius 3 is 2.10 bits per heavy atom. The van der Waals surface area contributed by atoms with E-state index in [2.05, 4.69) is 0 Å². The van der Waals surface area contributed by atoms with Gasteiger partial charge in [0.1, 0.15) is 0 Å². The van der Waals surface area contributed by atoms with Gasteiger partial charge in [0.2, 0.25) is 0 Å². The number of aryl methyl sites for hydroxylation is 2. The Balaban J connectivity index is 2.08. The lowest BCUT2D eigenvalue weighted by atomic mass is 9.99. The van der Waals surface area contributed by atoms with Gasteiger partial charge in [-0.25, -0.2) is 0 Å². The maximum absolute atomic E-state index is 12.3. The summed E-state index contributed by atoms with van der Waals surface area (Å²) in [7, 11) is 0. The molecule has 2 rings (SSSR count). The highest BCUT2D eigenvalue weighted by Crippen LogP contribution is 2.28. The second-order valence-corrected chi connectivity index (χ2v) is 4.90. The van der Waals surface area contributed by atoms with E-state index in [1.54, 1.807) is 0 Å². The predicted molar refractivity (Wildman–Crippen MR) is 73.8 cm³/mol. The summed E-state index contributed by atoms with van der Waals surface area (Å²) in [6, 6.07) is 3.74. The van der Waals surface area contributed by atoms with Crippen LogP contribution in [0.5, 0.6) is 0 Å². The van der Waals surface area contributed by atoms with Crippen LogP contribution in [0.15, 0.2) is 12.1 Å². The maximum atomic E-state index is 12.3. The summed E-state index contributed by atoms with van der Waals surface area (Å²) in [4.78, 5) is 25.9. The van der Waals surface area contributed by atoms with Crippen LogP contribution in [0.1, 0.15) is 38.3 Å². The molecule has 1 aliphatic rings. The first kappa shape index (κ1) is 14.7. The molecule has 5 heteroatoms. The lowest BCUT2D eigenvalue weighted by Crippen LogP contribution is -2.31. The maximum Gasteiger partial charge on any atom is 0.261 e. The average Bonchev–Trinajstić information content (AvgIpc) is 2.68. The number of aliphatic hydroxyl groups is 1. The van der Waals surface area contributed by atoms with Gasteiger partial charge >= 0.3 is 0 Å². The van der Waals surface area contributed by atoms with E-state index in [0.717, 1.165) is 11.1 Å². The molecule has 1 heterocycles. The Kier molecular flexibility index (Phi) is 4.52. The molecule has 1 aromatic carbocycles. The van der Waals surface area contributed by atoms with Crippen molar-refractivity contribution >= 4 is 11.8 Å². The molecule has 1 aliphatic heterocycles. The van der Waals surface area contributed by atoms with Crippen LogP contribution in [0.2, 0.25) is 0 Å². The van der Waals surface area contributed by atoms with Gasteiger partial charge in [-0.05, 0) is 31.4 Å². The monoisotopic (exact) mass is 277 g/mol. The number of ether oxygens (including phenoxy) is 1. The van der Waals surface area contributed by atoms with Crippen LogP contribution in [-0.4, -0.2) is 48.2 Å². The zero-order valence-corrected chi connectivity index (χ0v) is 11.8. The summed E-state index contributed by atoms with van der Waals surface area (Å²) in [5.74, 6) is -0.429. The number of imide groups is 1. The first-order chi connectivity index (χ1) is 9.57. The molecule has 1 N–H and O–H groups in total. The molecule has 0 bridgehead atoms. The molecule has 1 aromatic rings. The van der Waals surface area contributed by atoms with Crippen molar-refractivity contribution in [1.82, 2.24) is 4.90 Å². The Morgan fingerprint density at radius 1 is 1.05 bits per heavy atom. The van der Waals surface area contributed by atoms with Crippen LogP contribution in [0.25, 0.3) is 0 Å². The quantitative estimate of drug-likeness (QED) is 0.628. The molecular weight excluding hydrogens is 258 g/mol. The fourth-order valence-corrected chi connectivity index (χ4v) is 2.42. The molecule has 0 fully saturated rings. The fraction of sp³-hybridized carbons (Fsp3) is 0.467. The number of aliphatic hydroxyl groups excluding tert-OH is 1. The van der Waals surface area contributed by atoms with Gasteiger partial charge in [0.05, 0.1) is 24.3 Å². The highest BCUT2D eigenvalue weighted by molar-refractivity contribution is 6.22. The van der Waals surface area contributed by atoms with Crippen molar-refractivity contribution in [3.05, 3.63) is 34.4 Å². The van der Waals surface area contributed by atoms with Crippen molar-refractivity contribution in [3.8, 4) is 0 Å². The molecule has 0 saturated heterocycles. The lowest BCUT2D eigenvalue weighted by Gasteiger charge is -2.13. The Labute approximate surface area is 118 Å². The summed E-state index contributed by atoms with van der Waals surface area (Å²) in [5, 5.41) is 8.60. The van der Waals surface area contributed by atoms with Crippen molar-refractivity contribution in [1.29, 1.82) is 0 Å². The standard InChI is InChI=1S/C15H19NO4/c1-10-4-5-11(2)13-12(10)14(18)16(15(13)19)6-3-8-20-9-7-17/h4-5,17H,3,6-9H2,1-2H3. The van der Waals surface area contributed by atoms with E-state index in [1.807, 2.05) is 26.0 Å². The van der Waals surface area contributed by atoms with Crippen LogP contribution >= 0.6 is 0 Å². The molecule has 0 aromatic heterocycles. The number of rotatable bonds is 6. The number of benzene rings is 1. The Bertz CT molecular complexity index is 498. The smallest absolute Gasteiger partial charge is 0.261 e. The molecule has 0 radical (unpaired) electrons. The number of amides is 2. The van der Waals surface area contributed by atoms with Gasteiger partial charge in [0.25, 0.3) is 11.8 Å². The largest absolute Gasteiger partial charge is 0.394 e. The molecule has 108 valence electrons. The number of carbonyl (C=O) groups excluding carboxylic acids is 2. The third-order valence-electron chi connectivity index (χ3n) is 3.45. The highest BCUT2D eigenvalue weighted by Gasteiger charge is 2.37. The molecule has 5 nitrogen and oxygen atoms in total. The molecule has 0 atom stereocenters. The molecule has 20 heavy (non-hydrogen) atoms. The van der Waals surface area contributed by atoms with E-state index in [4.69, 9.17) is 9.84 Å². The van der Waals surface area contributed by atoms with E-state index in [1.165, 1.54) is 4.90 Å². The highest BCUT2D eigenvalue weighted by atomic mass is 16.5. The summed E-state index contributed by atoms with van der Waals surface area (Å²) in [6.45, 7) is 4.71. The van der Waals surface area contributed by atoms with Crippen LogP contribution in [0, 0.1) is 13.8 Å². The molecule has 0 aliphatic carbocycles. The lowest BCUT2D eigenvalue weighted by molar-refractivity contribution is 0.0601. The fourth-order valence-electron chi connectivity index (χ4n) is 2.42. The van der Waals surface area contributed by atoms with Crippen LogP contribution in [-0.2, 0) is 4.74 Å². The molecule has 0 spiro atoms. The van der Waals surface area contributed by atoms with Gasteiger partial charge in [-0.3, -0.25) is 14.5 Å². The van der Waals surface area contributed by atoms with Gasteiger partial charge in [-0.15, -0.1) is 0 Å². The minimum Gasteiger partial charge on any atom is -0.394 e. The van der Waals surface area contributed by atoms with E-state index in [0.29, 0.717) is 30.7 Å². The first-order valence-corrected chi connectivity index (χ1v) is 6.73. The van der Waals surface area contributed by atoms with Crippen molar-refractivity contribution in [2.45, 2.75) is 20.3 Å². The summed E-state index contributed by atoms with van der Waals surface area (Å²) < 4.78 is 5.14. The van der Waals surface area contributed by atoms with E-state index in [9.17, 15) is 9.59 Å². The Hall–Kier alpha value is -1.72. The minimum absolute atomic E-state index is 0.0224. The second kappa shape index (κ2) is 6.15. The topological polar surface area (TPSA) is 66.8 Å². The number of hydrogen-bond donors (Lipinski definition) is 1. The van der Waals surface area contributed by atoms with Gasteiger partial charge in [0, 0.05) is 13.2 Å². The van der Waals surface area contributed by atoms with Gasteiger partial charge in [0.15, 0.2) is 0 Å². The van der Waals surface area contributed by atoms with Crippen molar-refractivity contribution in [2.75, 3.05) is 26.4 Å². The van der Waals surface area contributed by atoms with E-state index < -0.39 is 0 Å². The number of hydrogen-bond acceptors (Lipinski definition) is 4. The van der Waals surface area contributed by atoms with Gasteiger partial charge in [-0.1, -0.05) is 12.1 Å². The van der Waals surface area contributed by atoms with Crippen LogP contribution in [0.4, 0.5) is 0 Å². The number of carbonyl (C=O) groups is 2. The third kappa shape index (κ3) is 2.59. The minimum atomic E-state index is -0.214. The third-order valence-corrected chi connectivity index (χ3v) is 3.45. The second-order valence-electron chi connectivity index (χ2n) is 4.90. The molecule has 2 amide bonds. The molecule has 0 unspecified atom stereocenters. The molecule has 0 saturated carbocycles. The van der Waals surface area contributed by atoms with E-state index >= 15 is 0 Å². The van der Waals surface area contributed by atoms with Crippen LogP contribution in [0.3, 0.4) is 0 Å². The molecular formula is C15H19NO4. The zero-order valence-electron chi connectivity index (χ0n) is 11.8. The van der Waals surface area contributed by atoms with Crippen LogP contribution < -0.4 is 0 Å². The summed E-state index contributed by atoms with van der Waals surface area (Å²) in [5.41, 5.74) is 2.74. The summed E-state index contributed by atoms with van der Waals surface area (Å²) >= 11 is 0. The van der Waals surface area contributed by atoms with E-state index in [-0.39, 0.29) is 25.0 Å². The first-order valence-electron chi connectivity index (χ1n) is 6.73. The van der Waals surface area contributed by atoms with Crippen molar-refractivity contribution < 1.29 is 19.4 Å². The predicted octanol–water partition coefficient (Wildman–Crippen LogP) is 1.30. The summed E-state index contributed by atoms with van der Waals surface area (Å²) in [6.07, 6.45) is 0.573. The van der Waals surface area contributed by atoms with Crippen molar-refractivity contribution in [2.24, 2.45) is 0 Å². The Morgan fingerprint density at radius 2 is 1.60 bits per heavy atom. The normalized spacial score (nSPS) is 14.1. The zero-order chi connectivity index (χ0) is 14.7. The number of fused-ring (bicyclic) bond motifs is 1. The van der Waals surface area contributed by atoms with Gasteiger partial charge in [-0.2, -0.15) is 0 Å². The van der Waals surface area contributed by atoms with Crippen molar-refractivity contribution in [3.63, 3.8) is 0 Å². The average molecular weight is 277 g/mol.